The van der Waals surface area contributed by atoms with Gasteiger partial charge in [0.15, 0.2) is 0 Å². The quantitative estimate of drug-likeness (QED) is 0.295. The molecular formula is C12H14MgO8. The maximum absolute atomic E-state index is 10.3. The van der Waals surface area contributed by atoms with E-state index in [-0.39, 0.29) is 36.3 Å². The molecule has 0 heterocycles. The fourth-order valence-electron chi connectivity index (χ4n) is 0.653. The van der Waals surface area contributed by atoms with Crippen LogP contribution < -0.4 is 10.2 Å². The van der Waals surface area contributed by atoms with Crippen LogP contribution in [0.3, 0.4) is 0 Å². The summed E-state index contributed by atoms with van der Waals surface area (Å²) in [4.78, 5) is 40.1. The SMILES string of the molecule is CCOC(=O)C=CC(=O)[O-].CCOC(=O)C=CC(=O)[O-].[Mg+2]. The molecule has 0 saturated carbocycles. The Morgan fingerprint density at radius 2 is 1.05 bits per heavy atom. The van der Waals surface area contributed by atoms with Crippen molar-refractivity contribution in [2.45, 2.75) is 13.8 Å². The third-order valence-electron chi connectivity index (χ3n) is 1.28. The van der Waals surface area contributed by atoms with Gasteiger partial charge in [-0.2, -0.15) is 0 Å². The van der Waals surface area contributed by atoms with Crippen molar-refractivity contribution in [1.29, 1.82) is 0 Å². The van der Waals surface area contributed by atoms with Crippen molar-refractivity contribution in [2.75, 3.05) is 13.2 Å². The molecule has 0 radical (unpaired) electrons. The van der Waals surface area contributed by atoms with Gasteiger partial charge >= 0.3 is 35.0 Å². The molecule has 0 aliphatic rings. The Bertz CT molecular complexity index is 362. The second kappa shape index (κ2) is 16.2. The fraction of sp³-hybridized carbons (Fsp3) is 0.333. The number of carboxylic acids is 2. The summed E-state index contributed by atoms with van der Waals surface area (Å²) in [5.41, 5.74) is 0. The molecule has 0 aromatic rings. The van der Waals surface area contributed by atoms with Crippen molar-refractivity contribution in [1.82, 2.24) is 0 Å². The Hall–Kier alpha value is -1.87. The molecule has 112 valence electrons. The van der Waals surface area contributed by atoms with Crippen molar-refractivity contribution < 1.29 is 38.9 Å². The first kappa shape index (κ1) is 24.2. The van der Waals surface area contributed by atoms with Gasteiger partial charge in [-0.25, -0.2) is 9.59 Å². The third kappa shape index (κ3) is 23.6. The molecule has 0 atom stereocenters. The molecule has 0 amide bonds. The molecule has 0 spiro atoms. The Labute approximate surface area is 137 Å². The van der Waals surface area contributed by atoms with E-state index in [9.17, 15) is 29.4 Å². The molecule has 0 aromatic carbocycles. The van der Waals surface area contributed by atoms with Crippen LogP contribution in [-0.4, -0.2) is 60.1 Å². The van der Waals surface area contributed by atoms with Gasteiger partial charge in [-0.3, -0.25) is 0 Å². The number of hydrogen-bond acceptors (Lipinski definition) is 8. The second-order valence-corrected chi connectivity index (χ2v) is 2.81. The number of carbonyl (C=O) groups excluding carboxylic acids is 4. The number of esters is 2. The first-order chi connectivity index (χ1) is 9.33. The van der Waals surface area contributed by atoms with E-state index < -0.39 is 23.9 Å². The molecule has 0 aromatic heterocycles. The van der Waals surface area contributed by atoms with E-state index in [4.69, 9.17) is 0 Å². The first-order valence-corrected chi connectivity index (χ1v) is 5.45. The first-order valence-electron chi connectivity index (χ1n) is 5.45. The summed E-state index contributed by atoms with van der Waals surface area (Å²) < 4.78 is 8.75. The third-order valence-corrected chi connectivity index (χ3v) is 1.28. The van der Waals surface area contributed by atoms with Crippen molar-refractivity contribution in [2.24, 2.45) is 0 Å². The summed E-state index contributed by atoms with van der Waals surface area (Å²) in [6.07, 6.45) is 2.85. The number of rotatable bonds is 6. The van der Waals surface area contributed by atoms with Gasteiger partial charge in [0.2, 0.25) is 0 Å². The van der Waals surface area contributed by atoms with Gasteiger partial charge < -0.3 is 29.3 Å². The van der Waals surface area contributed by atoms with E-state index in [0.717, 1.165) is 12.2 Å². The van der Waals surface area contributed by atoms with Crippen LogP contribution in [0.25, 0.3) is 0 Å². The average Bonchev–Trinajstić information content (AvgIpc) is 2.35. The van der Waals surface area contributed by atoms with Crippen LogP contribution in [-0.2, 0) is 28.7 Å². The molecule has 0 fully saturated rings. The Kier molecular flexibility index (Phi) is 18.6. The van der Waals surface area contributed by atoms with Crippen LogP contribution in [0.4, 0.5) is 0 Å². The Balaban J connectivity index is -0.000000295. The second-order valence-electron chi connectivity index (χ2n) is 2.81. The summed E-state index contributed by atoms with van der Waals surface area (Å²) >= 11 is 0. The molecule has 0 aliphatic heterocycles. The van der Waals surface area contributed by atoms with E-state index in [0.29, 0.717) is 12.2 Å². The number of carboxylic acid groups (broad SMARTS) is 2. The van der Waals surface area contributed by atoms with Crippen molar-refractivity contribution >= 4 is 46.9 Å². The summed E-state index contributed by atoms with van der Waals surface area (Å²) in [5, 5.41) is 19.4. The van der Waals surface area contributed by atoms with Gasteiger partial charge in [0.25, 0.3) is 0 Å². The zero-order valence-corrected chi connectivity index (χ0v) is 13.1. The van der Waals surface area contributed by atoms with Crippen LogP contribution in [0.1, 0.15) is 13.8 Å². The molecule has 0 aliphatic carbocycles. The standard InChI is InChI=1S/2C6H8O4.Mg/c2*1-2-10-6(9)4-3-5(7)8;/h2*3-4H,2H2,1H3,(H,7,8);/q;;+2/p-2. The largest absolute Gasteiger partial charge is 2.00 e. The summed E-state index contributed by atoms with van der Waals surface area (Å²) in [6.45, 7) is 3.72. The number of ether oxygens (including phenoxy) is 2. The van der Waals surface area contributed by atoms with Gasteiger partial charge in [0.05, 0.1) is 25.2 Å². The van der Waals surface area contributed by atoms with Crippen molar-refractivity contribution in [3.05, 3.63) is 24.3 Å². The molecule has 21 heavy (non-hydrogen) atoms. The smallest absolute Gasteiger partial charge is 0.545 e. The molecule has 0 rings (SSSR count). The molecule has 0 N–H and O–H groups in total. The van der Waals surface area contributed by atoms with Crippen LogP contribution in [0.2, 0.25) is 0 Å². The van der Waals surface area contributed by atoms with E-state index in [1.807, 2.05) is 0 Å². The van der Waals surface area contributed by atoms with Gasteiger partial charge in [-0.1, -0.05) is 0 Å². The number of carbonyl (C=O) groups is 4. The van der Waals surface area contributed by atoms with E-state index in [2.05, 4.69) is 9.47 Å². The van der Waals surface area contributed by atoms with Gasteiger partial charge in [0, 0.05) is 12.2 Å². The predicted molar refractivity (Wildman–Crippen MR) is 67.3 cm³/mol. The molecule has 0 bridgehead atoms. The van der Waals surface area contributed by atoms with Crippen LogP contribution in [0.5, 0.6) is 0 Å². The van der Waals surface area contributed by atoms with Gasteiger partial charge in [-0.05, 0) is 26.0 Å². The van der Waals surface area contributed by atoms with Crippen molar-refractivity contribution in [3.63, 3.8) is 0 Å². The number of aliphatic carboxylic acids is 2. The Morgan fingerprint density at radius 1 is 0.762 bits per heavy atom. The summed E-state index contributed by atoms with van der Waals surface area (Å²) in [5.74, 6) is -4.17. The van der Waals surface area contributed by atoms with Gasteiger partial charge in [0.1, 0.15) is 0 Å². The number of hydrogen-bond donors (Lipinski definition) is 0. The minimum Gasteiger partial charge on any atom is -0.545 e. The topological polar surface area (TPSA) is 133 Å². The average molecular weight is 311 g/mol. The van der Waals surface area contributed by atoms with E-state index in [1.165, 1.54) is 0 Å². The van der Waals surface area contributed by atoms with Crippen LogP contribution >= 0.6 is 0 Å². The minimum atomic E-state index is -1.41. The molecule has 0 unspecified atom stereocenters. The summed E-state index contributed by atoms with van der Waals surface area (Å²) in [7, 11) is 0. The minimum absolute atomic E-state index is 0. The molecule has 9 heteroatoms. The normalized spacial score (nSPS) is 9.24. The van der Waals surface area contributed by atoms with Crippen LogP contribution in [0, 0.1) is 0 Å². The van der Waals surface area contributed by atoms with E-state index in [1.54, 1.807) is 13.8 Å². The molecule has 0 saturated heterocycles. The fourth-order valence-corrected chi connectivity index (χ4v) is 0.653. The molecular weight excluding hydrogens is 296 g/mol. The maximum atomic E-state index is 10.3. The zero-order valence-electron chi connectivity index (χ0n) is 11.7. The van der Waals surface area contributed by atoms with E-state index >= 15 is 0 Å². The zero-order chi connectivity index (χ0) is 16.0. The maximum Gasteiger partial charge on any atom is 2.00 e. The summed E-state index contributed by atoms with van der Waals surface area (Å²) in [6, 6.07) is 0. The van der Waals surface area contributed by atoms with Crippen molar-refractivity contribution in [3.8, 4) is 0 Å². The molecule has 8 nitrogen and oxygen atoms in total. The predicted octanol–water partition coefficient (Wildman–Crippen LogP) is -2.67. The Morgan fingerprint density at radius 3 is 1.24 bits per heavy atom. The monoisotopic (exact) mass is 310 g/mol. The van der Waals surface area contributed by atoms with Gasteiger partial charge in [-0.15, -0.1) is 0 Å². The van der Waals surface area contributed by atoms with Crippen LogP contribution in [0.15, 0.2) is 24.3 Å².